The Kier molecular flexibility index (Phi) is 2.08. The zero-order valence-corrected chi connectivity index (χ0v) is 12.8. The molecule has 3 aliphatic rings. The van der Waals surface area contributed by atoms with Gasteiger partial charge in [-0.1, -0.05) is 67.3 Å². The van der Waals surface area contributed by atoms with Gasteiger partial charge in [0, 0.05) is 8.65 Å². The molecule has 0 radical (unpaired) electrons. The van der Waals surface area contributed by atoms with Crippen LogP contribution in [0.15, 0.2) is 35.4 Å². The molecule has 0 aliphatic heterocycles. The molecule has 0 bridgehead atoms. The van der Waals surface area contributed by atoms with Crippen LogP contribution >= 0.6 is 31.9 Å². The van der Waals surface area contributed by atoms with Crippen molar-refractivity contribution in [2.24, 2.45) is 0 Å². The van der Waals surface area contributed by atoms with E-state index in [-0.39, 0.29) is 0 Å². The van der Waals surface area contributed by atoms with Crippen LogP contribution in [0.1, 0.15) is 30.4 Å². The first kappa shape index (κ1) is 10.8. The molecular formula is C15H14Br2. The Labute approximate surface area is 119 Å². The number of fused-ring (bicyclic) bond motifs is 2. The van der Waals surface area contributed by atoms with Crippen molar-refractivity contribution in [2.45, 2.75) is 40.8 Å². The fourth-order valence-electron chi connectivity index (χ4n) is 3.51. The minimum Gasteiger partial charge on any atom is -0.0834 e. The van der Waals surface area contributed by atoms with Gasteiger partial charge in [-0.05, 0) is 43.2 Å². The largest absolute Gasteiger partial charge is 0.0834 e. The van der Waals surface area contributed by atoms with Crippen molar-refractivity contribution < 1.29 is 0 Å². The molecule has 1 saturated carbocycles. The normalized spacial score (nSPS) is 38.2. The van der Waals surface area contributed by atoms with E-state index in [2.05, 4.69) is 56.1 Å². The van der Waals surface area contributed by atoms with Gasteiger partial charge < -0.3 is 0 Å². The van der Waals surface area contributed by atoms with Crippen molar-refractivity contribution in [1.82, 2.24) is 0 Å². The number of allylic oxidation sites excluding steroid dienone is 2. The fraction of sp³-hybridized carbons (Fsp3) is 0.467. The summed E-state index contributed by atoms with van der Waals surface area (Å²) < 4.78 is 0.732. The Morgan fingerprint density at radius 2 is 1.29 bits per heavy atom. The van der Waals surface area contributed by atoms with Crippen LogP contribution in [0, 0.1) is 0 Å². The molecule has 2 atom stereocenters. The molecule has 17 heavy (non-hydrogen) atoms. The van der Waals surface area contributed by atoms with E-state index in [1.54, 1.807) is 22.3 Å². The third-order valence-electron chi connectivity index (χ3n) is 4.65. The van der Waals surface area contributed by atoms with Crippen LogP contribution in [0.2, 0.25) is 0 Å². The Bertz CT molecular complexity index is 499. The van der Waals surface area contributed by atoms with Gasteiger partial charge in [0.05, 0.1) is 0 Å². The lowest BCUT2D eigenvalue weighted by Gasteiger charge is -2.32. The summed E-state index contributed by atoms with van der Waals surface area (Å²) in [6.07, 6.45) is 6.12. The molecule has 0 heterocycles. The molecule has 0 spiro atoms. The third kappa shape index (κ3) is 1.46. The molecule has 3 aliphatic carbocycles. The number of benzene rings is 1. The molecule has 0 amide bonds. The topological polar surface area (TPSA) is 0 Å². The van der Waals surface area contributed by atoms with Crippen molar-refractivity contribution in [2.75, 3.05) is 0 Å². The van der Waals surface area contributed by atoms with Crippen LogP contribution in [0.3, 0.4) is 0 Å². The summed E-state index contributed by atoms with van der Waals surface area (Å²) in [5.41, 5.74) is 6.50. The van der Waals surface area contributed by atoms with Crippen LogP contribution in [-0.4, -0.2) is 8.65 Å². The highest BCUT2D eigenvalue weighted by atomic mass is 79.9. The van der Waals surface area contributed by atoms with Crippen LogP contribution in [0.4, 0.5) is 0 Å². The summed E-state index contributed by atoms with van der Waals surface area (Å²) in [6, 6.07) is 8.93. The first-order chi connectivity index (χ1) is 8.10. The van der Waals surface area contributed by atoms with E-state index < -0.39 is 0 Å². The smallest absolute Gasteiger partial charge is 0.0465 e. The maximum absolute atomic E-state index is 3.94. The van der Waals surface area contributed by atoms with Gasteiger partial charge in [-0.15, -0.1) is 0 Å². The van der Waals surface area contributed by atoms with Crippen molar-refractivity contribution >= 4 is 31.9 Å². The van der Waals surface area contributed by atoms with Crippen molar-refractivity contribution in [1.29, 1.82) is 0 Å². The maximum atomic E-state index is 3.94. The average molecular weight is 354 g/mol. The van der Waals surface area contributed by atoms with E-state index in [0.717, 1.165) is 0 Å². The van der Waals surface area contributed by atoms with Crippen LogP contribution < -0.4 is 0 Å². The van der Waals surface area contributed by atoms with Gasteiger partial charge in [0.15, 0.2) is 0 Å². The van der Waals surface area contributed by atoms with Gasteiger partial charge in [0.1, 0.15) is 0 Å². The Hall–Kier alpha value is -0.0800. The first-order valence-electron chi connectivity index (χ1n) is 6.24. The Morgan fingerprint density at radius 3 is 1.76 bits per heavy atom. The number of hydrogen-bond donors (Lipinski definition) is 0. The van der Waals surface area contributed by atoms with E-state index in [4.69, 9.17) is 0 Å². The molecule has 88 valence electrons. The van der Waals surface area contributed by atoms with Gasteiger partial charge >= 0.3 is 0 Å². The van der Waals surface area contributed by atoms with Crippen LogP contribution in [0.5, 0.6) is 0 Å². The van der Waals surface area contributed by atoms with Gasteiger partial charge in [0.25, 0.3) is 0 Å². The highest BCUT2D eigenvalue weighted by molar-refractivity contribution is 9.13. The summed E-state index contributed by atoms with van der Waals surface area (Å²) >= 11 is 7.89. The molecule has 4 rings (SSSR count). The van der Waals surface area contributed by atoms with Gasteiger partial charge in [-0.3, -0.25) is 0 Å². The molecule has 0 N–H and O–H groups in total. The predicted molar refractivity (Wildman–Crippen MR) is 78.0 cm³/mol. The molecule has 1 aromatic carbocycles. The Balaban J connectivity index is 1.73. The van der Waals surface area contributed by atoms with E-state index >= 15 is 0 Å². The summed E-state index contributed by atoms with van der Waals surface area (Å²) in [7, 11) is 0. The van der Waals surface area contributed by atoms with Gasteiger partial charge in [-0.25, -0.2) is 0 Å². The highest BCUT2D eigenvalue weighted by Crippen LogP contribution is 2.69. The van der Waals surface area contributed by atoms with Crippen molar-refractivity contribution in [3.63, 3.8) is 0 Å². The van der Waals surface area contributed by atoms with Crippen LogP contribution in [-0.2, 0) is 12.8 Å². The number of alkyl halides is 2. The SMILES string of the molecule is BrC12CC3=C(Cc4ccccc4C3)CC1(Br)C2. The second-order valence-corrected chi connectivity index (χ2v) is 8.83. The maximum Gasteiger partial charge on any atom is 0.0465 e. The van der Waals surface area contributed by atoms with Gasteiger partial charge in [-0.2, -0.15) is 0 Å². The second-order valence-electron chi connectivity index (χ2n) is 5.79. The van der Waals surface area contributed by atoms with E-state index in [0.29, 0.717) is 8.65 Å². The van der Waals surface area contributed by atoms with Crippen LogP contribution in [0.25, 0.3) is 0 Å². The van der Waals surface area contributed by atoms with E-state index in [9.17, 15) is 0 Å². The molecule has 0 saturated heterocycles. The molecule has 2 unspecified atom stereocenters. The minimum atomic E-state index is 0.366. The lowest BCUT2D eigenvalue weighted by atomic mass is 9.79. The van der Waals surface area contributed by atoms with Gasteiger partial charge in [0.2, 0.25) is 0 Å². The summed E-state index contributed by atoms with van der Waals surface area (Å²) in [5.74, 6) is 0. The average Bonchev–Trinajstić information content (AvgIpc) is 2.83. The third-order valence-corrected chi connectivity index (χ3v) is 7.82. The zero-order chi connectivity index (χ0) is 11.7. The lowest BCUT2D eigenvalue weighted by Crippen LogP contribution is -2.25. The molecule has 0 nitrogen and oxygen atoms in total. The van der Waals surface area contributed by atoms with E-state index in [1.807, 2.05) is 0 Å². The summed E-state index contributed by atoms with van der Waals surface area (Å²) in [6.45, 7) is 0. The second kappa shape index (κ2) is 3.27. The Morgan fingerprint density at radius 1 is 0.824 bits per heavy atom. The minimum absolute atomic E-state index is 0.366. The molecule has 1 fully saturated rings. The molecular weight excluding hydrogens is 340 g/mol. The highest BCUT2D eigenvalue weighted by Gasteiger charge is 2.66. The quantitative estimate of drug-likeness (QED) is 0.474. The van der Waals surface area contributed by atoms with Crippen molar-refractivity contribution in [3.05, 3.63) is 46.5 Å². The van der Waals surface area contributed by atoms with Crippen molar-refractivity contribution in [3.8, 4) is 0 Å². The molecule has 2 heteroatoms. The molecule has 1 aromatic rings. The monoisotopic (exact) mass is 352 g/mol. The van der Waals surface area contributed by atoms with E-state index in [1.165, 1.54) is 32.1 Å². The standard InChI is InChI=1S/C15H14Br2/c16-14-7-12-5-10-3-1-2-4-11(10)6-13(12)8-15(14,17)9-14/h1-4H,5-9H2. The zero-order valence-electron chi connectivity index (χ0n) is 9.60. The fourth-order valence-corrected chi connectivity index (χ4v) is 5.80. The first-order valence-corrected chi connectivity index (χ1v) is 7.83. The lowest BCUT2D eigenvalue weighted by molar-refractivity contribution is 0.677. The summed E-state index contributed by atoms with van der Waals surface area (Å²) in [5, 5.41) is 0. The summed E-state index contributed by atoms with van der Waals surface area (Å²) in [4.78, 5) is 0. The number of rotatable bonds is 0. The molecule has 0 aromatic heterocycles. The number of halogens is 2. The predicted octanol–water partition coefficient (Wildman–Crippen LogP) is 4.55. The number of hydrogen-bond acceptors (Lipinski definition) is 0.